The lowest BCUT2D eigenvalue weighted by molar-refractivity contribution is 0.0683. The lowest BCUT2D eigenvalue weighted by Gasteiger charge is -1.85. The maximum atomic E-state index is 10.6. The van der Waals surface area contributed by atoms with Crippen LogP contribution in [-0.4, -0.2) is 20.5 Å². The fourth-order valence-electron chi connectivity index (χ4n) is 1.08. The van der Waals surface area contributed by atoms with Gasteiger partial charge in [-0.15, -0.1) is 0 Å². The maximum absolute atomic E-state index is 10.6. The van der Waals surface area contributed by atoms with Gasteiger partial charge in [0.1, 0.15) is 5.76 Å². The highest BCUT2D eigenvalue weighted by Gasteiger charge is 2.12. The van der Waals surface area contributed by atoms with Crippen LogP contribution in [0.4, 0.5) is 0 Å². The topological polar surface area (TPSA) is 67.7 Å². The summed E-state index contributed by atoms with van der Waals surface area (Å²) in [5.41, 5.74) is 0.449. The molecule has 0 fully saturated rings. The summed E-state index contributed by atoms with van der Waals surface area (Å²) in [6.07, 6.45) is 2.97. The Kier molecular flexibility index (Phi) is 1.21. The number of aromatic carboxylic acids is 1. The molecule has 0 aliphatic rings. The van der Waals surface area contributed by atoms with Gasteiger partial charge in [-0.3, -0.25) is 4.40 Å². The predicted molar refractivity (Wildman–Crippen MR) is 39.2 cm³/mol. The van der Waals surface area contributed by atoms with E-state index in [0.29, 0.717) is 11.5 Å². The van der Waals surface area contributed by atoms with Crippen molar-refractivity contribution in [3.63, 3.8) is 0 Å². The fourth-order valence-corrected chi connectivity index (χ4v) is 1.08. The quantitative estimate of drug-likeness (QED) is 0.684. The molecule has 0 amide bonds. The van der Waals surface area contributed by atoms with Crippen molar-refractivity contribution < 1.29 is 14.3 Å². The van der Waals surface area contributed by atoms with Crippen LogP contribution in [0.15, 0.2) is 16.8 Å². The Hall–Kier alpha value is -1.78. The summed E-state index contributed by atoms with van der Waals surface area (Å²) in [6, 6.07) is 0. The molecule has 1 N–H and O–H groups in total. The normalized spacial score (nSPS) is 10.8. The van der Waals surface area contributed by atoms with Gasteiger partial charge in [0.05, 0.1) is 12.4 Å². The van der Waals surface area contributed by atoms with Crippen molar-refractivity contribution in [2.24, 2.45) is 0 Å². The van der Waals surface area contributed by atoms with Gasteiger partial charge in [0.15, 0.2) is 0 Å². The summed E-state index contributed by atoms with van der Waals surface area (Å²) in [5.74, 6) is -0.424. The van der Waals surface area contributed by atoms with Gasteiger partial charge >= 0.3 is 5.97 Å². The molecule has 12 heavy (non-hydrogen) atoms. The number of carboxylic acids is 1. The number of rotatable bonds is 1. The van der Waals surface area contributed by atoms with Gasteiger partial charge in [0, 0.05) is 0 Å². The van der Waals surface area contributed by atoms with Gasteiger partial charge in [0.2, 0.25) is 11.5 Å². The van der Waals surface area contributed by atoms with E-state index in [-0.39, 0.29) is 5.82 Å². The molecule has 5 nitrogen and oxygen atoms in total. The van der Waals surface area contributed by atoms with E-state index in [9.17, 15) is 4.79 Å². The molecule has 0 radical (unpaired) electrons. The van der Waals surface area contributed by atoms with Crippen LogP contribution in [0.25, 0.3) is 5.71 Å². The number of nitrogens with zero attached hydrogens (tertiary/aromatic N) is 2. The first-order valence-corrected chi connectivity index (χ1v) is 3.35. The van der Waals surface area contributed by atoms with Gasteiger partial charge in [0.25, 0.3) is 0 Å². The molecule has 0 saturated carbocycles. The predicted octanol–water partition coefficient (Wildman–Crippen LogP) is 0.934. The monoisotopic (exact) mass is 166 g/mol. The van der Waals surface area contributed by atoms with E-state index in [0.717, 1.165) is 0 Å². The molecule has 5 heteroatoms. The number of hydrogen-bond donors (Lipinski definition) is 1. The van der Waals surface area contributed by atoms with Crippen LogP contribution in [0.2, 0.25) is 0 Å². The maximum Gasteiger partial charge on any atom is 0.372 e. The lowest BCUT2D eigenvalue weighted by atomic mass is 10.6. The zero-order chi connectivity index (χ0) is 8.72. The Morgan fingerprint density at radius 2 is 2.50 bits per heavy atom. The number of imidazole rings is 1. The zero-order valence-corrected chi connectivity index (χ0v) is 6.31. The highest BCUT2D eigenvalue weighted by atomic mass is 16.4. The third-order valence-corrected chi connectivity index (χ3v) is 1.53. The molecule has 0 atom stereocenters. The molecule has 2 heterocycles. The second-order valence-electron chi connectivity index (χ2n) is 2.44. The standard InChI is InChI=1S/C7H6N2O3/c1-4-3-9-5(12-4)2-8-6(9)7(10)11/h2-3H,1H3,(H,10,11). The van der Waals surface area contributed by atoms with Gasteiger partial charge in [-0.25, -0.2) is 9.78 Å². The summed E-state index contributed by atoms with van der Waals surface area (Å²) >= 11 is 0. The molecule has 0 spiro atoms. The van der Waals surface area contributed by atoms with Crippen LogP contribution < -0.4 is 0 Å². The number of carbonyl (C=O) groups is 1. The molecule has 0 aliphatic carbocycles. The van der Waals surface area contributed by atoms with E-state index in [1.165, 1.54) is 10.6 Å². The third kappa shape index (κ3) is 0.795. The Bertz CT molecular complexity index is 440. The van der Waals surface area contributed by atoms with E-state index >= 15 is 0 Å². The number of hydrogen-bond acceptors (Lipinski definition) is 3. The SMILES string of the molecule is Cc1cn2c(C(=O)O)ncc2o1. The van der Waals surface area contributed by atoms with Gasteiger partial charge < -0.3 is 9.52 Å². The minimum absolute atomic E-state index is 0.0261. The molecule has 2 aromatic rings. The van der Waals surface area contributed by atoms with Crippen LogP contribution >= 0.6 is 0 Å². The number of oxazole rings is 1. The van der Waals surface area contributed by atoms with Crippen molar-refractivity contribution in [2.45, 2.75) is 6.92 Å². The lowest BCUT2D eigenvalue weighted by Crippen LogP contribution is -2.01. The van der Waals surface area contributed by atoms with Crippen LogP contribution in [0, 0.1) is 6.92 Å². The van der Waals surface area contributed by atoms with Gasteiger partial charge in [-0.1, -0.05) is 0 Å². The summed E-state index contributed by atoms with van der Waals surface area (Å²) < 4.78 is 6.54. The first-order chi connectivity index (χ1) is 5.68. The molecule has 2 rings (SSSR count). The van der Waals surface area contributed by atoms with Crippen LogP contribution in [0.3, 0.4) is 0 Å². The third-order valence-electron chi connectivity index (χ3n) is 1.53. The molecule has 0 saturated heterocycles. The van der Waals surface area contributed by atoms with Crippen molar-refractivity contribution >= 4 is 11.7 Å². The second-order valence-corrected chi connectivity index (χ2v) is 2.44. The Morgan fingerprint density at radius 1 is 1.75 bits per heavy atom. The fraction of sp³-hybridized carbons (Fsp3) is 0.143. The highest BCUT2D eigenvalue weighted by molar-refractivity contribution is 5.84. The molecule has 0 aromatic carbocycles. The number of fused-ring (bicyclic) bond motifs is 1. The van der Waals surface area contributed by atoms with Crippen LogP contribution in [0.1, 0.15) is 16.4 Å². The van der Waals surface area contributed by atoms with Crippen LogP contribution in [-0.2, 0) is 0 Å². The average Bonchev–Trinajstić information content (AvgIpc) is 2.43. The van der Waals surface area contributed by atoms with Crippen molar-refractivity contribution in [1.29, 1.82) is 0 Å². The Balaban J connectivity index is 2.76. The average molecular weight is 166 g/mol. The first-order valence-electron chi connectivity index (χ1n) is 3.35. The smallest absolute Gasteiger partial charge is 0.372 e. The highest BCUT2D eigenvalue weighted by Crippen LogP contribution is 2.10. The molecule has 0 unspecified atom stereocenters. The summed E-state index contributed by atoms with van der Waals surface area (Å²) in [5, 5.41) is 8.66. The van der Waals surface area contributed by atoms with E-state index in [4.69, 9.17) is 9.52 Å². The molecular weight excluding hydrogens is 160 g/mol. The minimum Gasteiger partial charge on any atom is -0.475 e. The molecule has 0 bridgehead atoms. The number of carboxylic acid groups (broad SMARTS) is 1. The summed E-state index contributed by atoms with van der Waals surface area (Å²) in [6.45, 7) is 1.75. The first kappa shape index (κ1) is 6.90. The van der Waals surface area contributed by atoms with E-state index in [2.05, 4.69) is 4.98 Å². The number of aryl methyl sites for hydroxylation is 1. The van der Waals surface area contributed by atoms with Crippen molar-refractivity contribution in [3.8, 4) is 0 Å². The molecule has 62 valence electrons. The number of aromatic nitrogens is 2. The van der Waals surface area contributed by atoms with E-state index < -0.39 is 5.97 Å². The zero-order valence-electron chi connectivity index (χ0n) is 6.31. The second kappa shape index (κ2) is 2.10. The summed E-state index contributed by atoms with van der Waals surface area (Å²) in [7, 11) is 0. The minimum atomic E-state index is -1.06. The van der Waals surface area contributed by atoms with Crippen molar-refractivity contribution in [1.82, 2.24) is 9.38 Å². The largest absolute Gasteiger partial charge is 0.475 e. The molecule has 2 aromatic heterocycles. The van der Waals surface area contributed by atoms with Crippen molar-refractivity contribution in [3.05, 3.63) is 24.0 Å². The Morgan fingerprint density at radius 3 is 3.17 bits per heavy atom. The van der Waals surface area contributed by atoms with E-state index in [1.54, 1.807) is 13.1 Å². The van der Waals surface area contributed by atoms with E-state index in [1.807, 2.05) is 0 Å². The molecule has 0 aliphatic heterocycles. The van der Waals surface area contributed by atoms with Crippen molar-refractivity contribution in [2.75, 3.05) is 0 Å². The Labute approximate surface area is 67.2 Å². The summed E-state index contributed by atoms with van der Waals surface area (Å²) in [4.78, 5) is 14.2. The van der Waals surface area contributed by atoms with Crippen LogP contribution in [0.5, 0.6) is 0 Å². The van der Waals surface area contributed by atoms with Gasteiger partial charge in [-0.05, 0) is 6.92 Å². The van der Waals surface area contributed by atoms with Gasteiger partial charge in [-0.2, -0.15) is 0 Å². The molecular formula is C7H6N2O3.